The lowest BCUT2D eigenvalue weighted by atomic mass is 10.1. The van der Waals surface area contributed by atoms with Crippen molar-refractivity contribution in [3.05, 3.63) is 76.6 Å². The maximum Gasteiger partial charge on any atom is 0.264 e. The number of benzene rings is 2. The SMILES string of the molecule is Cc1ccc(S(=O)(=O)N2CCSc3ccc(OCCCN4CCc5nc(Cl)ccc5C4)cc32)cc1. The molecule has 6 nitrogen and oxygen atoms in total. The van der Waals surface area contributed by atoms with E-state index in [0.717, 1.165) is 54.4 Å². The summed E-state index contributed by atoms with van der Waals surface area (Å²) in [5.74, 6) is 1.41. The van der Waals surface area contributed by atoms with Gasteiger partial charge in [-0.05, 0) is 49.2 Å². The fraction of sp³-hybridized carbons (Fsp3) is 0.346. The number of aromatic nitrogens is 1. The molecule has 2 aromatic carbocycles. The number of hydrogen-bond acceptors (Lipinski definition) is 6. The molecule has 0 N–H and O–H groups in total. The highest BCUT2D eigenvalue weighted by Crippen LogP contribution is 2.40. The third kappa shape index (κ3) is 5.45. The zero-order valence-corrected chi connectivity index (χ0v) is 22.0. The van der Waals surface area contributed by atoms with E-state index in [1.165, 1.54) is 9.87 Å². The number of pyridine rings is 1. The van der Waals surface area contributed by atoms with Gasteiger partial charge in [-0.25, -0.2) is 13.4 Å². The van der Waals surface area contributed by atoms with E-state index >= 15 is 0 Å². The van der Waals surface area contributed by atoms with Crippen LogP contribution in [0.1, 0.15) is 23.2 Å². The summed E-state index contributed by atoms with van der Waals surface area (Å²) in [7, 11) is -3.63. The Kier molecular flexibility index (Phi) is 7.25. The molecule has 0 atom stereocenters. The first kappa shape index (κ1) is 24.4. The van der Waals surface area contributed by atoms with Gasteiger partial charge in [0, 0.05) is 55.0 Å². The van der Waals surface area contributed by atoms with E-state index in [1.54, 1.807) is 23.9 Å². The monoisotopic (exact) mass is 529 g/mol. The van der Waals surface area contributed by atoms with Crippen molar-refractivity contribution >= 4 is 39.1 Å². The van der Waals surface area contributed by atoms with Gasteiger partial charge in [0.2, 0.25) is 0 Å². The summed E-state index contributed by atoms with van der Waals surface area (Å²) in [4.78, 5) is 8.11. The summed E-state index contributed by atoms with van der Waals surface area (Å²) >= 11 is 7.69. The molecule has 0 bridgehead atoms. The van der Waals surface area contributed by atoms with Gasteiger partial charge in [0.15, 0.2) is 0 Å². The quantitative estimate of drug-likeness (QED) is 0.311. The lowest BCUT2D eigenvalue weighted by molar-refractivity contribution is 0.219. The van der Waals surface area contributed by atoms with Crippen molar-refractivity contribution in [2.75, 3.05) is 36.3 Å². The molecule has 0 spiro atoms. The summed E-state index contributed by atoms with van der Waals surface area (Å²) < 4.78 is 34.3. The van der Waals surface area contributed by atoms with Crippen LogP contribution in [0.3, 0.4) is 0 Å². The molecule has 9 heteroatoms. The molecule has 0 aliphatic carbocycles. The van der Waals surface area contributed by atoms with Crippen molar-refractivity contribution in [2.45, 2.75) is 36.1 Å². The number of halogens is 1. The van der Waals surface area contributed by atoms with Crippen molar-refractivity contribution in [1.82, 2.24) is 9.88 Å². The molecule has 0 fully saturated rings. The smallest absolute Gasteiger partial charge is 0.264 e. The minimum Gasteiger partial charge on any atom is -0.493 e. The Hall–Kier alpha value is -2.26. The van der Waals surface area contributed by atoms with Crippen LogP contribution in [0.2, 0.25) is 5.15 Å². The van der Waals surface area contributed by atoms with E-state index in [1.807, 2.05) is 43.3 Å². The van der Waals surface area contributed by atoms with Gasteiger partial charge in [0.25, 0.3) is 10.0 Å². The fourth-order valence-corrected chi connectivity index (χ4v) is 7.26. The lowest BCUT2D eigenvalue weighted by Gasteiger charge is -2.30. The van der Waals surface area contributed by atoms with Gasteiger partial charge in [0.05, 0.1) is 17.2 Å². The van der Waals surface area contributed by atoms with Gasteiger partial charge < -0.3 is 4.74 Å². The number of ether oxygens (including phenoxy) is 1. The molecule has 2 aliphatic heterocycles. The van der Waals surface area contributed by atoms with Crippen LogP contribution in [0.4, 0.5) is 5.69 Å². The van der Waals surface area contributed by atoms with Crippen LogP contribution in [-0.2, 0) is 23.0 Å². The Labute approximate surface area is 216 Å². The van der Waals surface area contributed by atoms with Gasteiger partial charge in [-0.2, -0.15) is 0 Å². The number of sulfonamides is 1. The fourth-order valence-electron chi connectivity index (χ4n) is 4.47. The Morgan fingerprint density at radius 2 is 1.91 bits per heavy atom. The molecule has 0 amide bonds. The van der Waals surface area contributed by atoms with E-state index < -0.39 is 10.0 Å². The molecule has 0 radical (unpaired) electrons. The van der Waals surface area contributed by atoms with Gasteiger partial charge in [-0.1, -0.05) is 35.4 Å². The predicted molar refractivity (Wildman–Crippen MR) is 141 cm³/mol. The number of hydrogen-bond donors (Lipinski definition) is 0. The average molecular weight is 530 g/mol. The minimum atomic E-state index is -3.63. The Balaban J connectivity index is 1.21. The number of rotatable bonds is 7. The first-order chi connectivity index (χ1) is 16.9. The highest BCUT2D eigenvalue weighted by atomic mass is 35.5. The van der Waals surface area contributed by atoms with E-state index in [2.05, 4.69) is 16.0 Å². The second-order valence-corrected chi connectivity index (χ2v) is 12.2. The molecule has 0 saturated heterocycles. The van der Waals surface area contributed by atoms with Crippen LogP contribution < -0.4 is 9.04 Å². The molecule has 0 saturated carbocycles. The number of fused-ring (bicyclic) bond motifs is 2. The summed E-state index contributed by atoms with van der Waals surface area (Å²) in [5.41, 5.74) is 4.06. The summed E-state index contributed by atoms with van der Waals surface area (Å²) in [6, 6.07) is 16.7. The van der Waals surface area contributed by atoms with Crippen LogP contribution in [0.5, 0.6) is 5.75 Å². The van der Waals surface area contributed by atoms with Gasteiger partial charge in [-0.15, -0.1) is 11.8 Å². The van der Waals surface area contributed by atoms with Crippen molar-refractivity contribution in [1.29, 1.82) is 0 Å². The molecule has 2 aliphatic rings. The molecule has 0 unspecified atom stereocenters. The molecular weight excluding hydrogens is 502 g/mol. The van der Waals surface area contributed by atoms with E-state index in [0.29, 0.717) is 34.6 Å². The number of aryl methyl sites for hydroxylation is 1. The zero-order chi connectivity index (χ0) is 24.4. The summed E-state index contributed by atoms with van der Waals surface area (Å²) in [5, 5.41) is 0.555. The van der Waals surface area contributed by atoms with Crippen LogP contribution in [0.15, 0.2) is 64.4 Å². The Morgan fingerprint density at radius 3 is 2.74 bits per heavy atom. The topological polar surface area (TPSA) is 62.7 Å². The maximum atomic E-state index is 13.4. The van der Waals surface area contributed by atoms with Crippen molar-refractivity contribution < 1.29 is 13.2 Å². The number of nitrogens with zero attached hydrogens (tertiary/aromatic N) is 3. The van der Waals surface area contributed by atoms with Crippen molar-refractivity contribution in [2.24, 2.45) is 0 Å². The summed E-state index contributed by atoms with van der Waals surface area (Å²) in [6.07, 6.45) is 1.79. The largest absolute Gasteiger partial charge is 0.493 e. The molecule has 1 aromatic heterocycles. The zero-order valence-electron chi connectivity index (χ0n) is 19.6. The van der Waals surface area contributed by atoms with Gasteiger partial charge >= 0.3 is 0 Å². The second-order valence-electron chi connectivity index (χ2n) is 8.84. The van der Waals surface area contributed by atoms with Crippen molar-refractivity contribution in [3.8, 4) is 5.75 Å². The van der Waals surface area contributed by atoms with Crippen LogP contribution in [0.25, 0.3) is 0 Å². The molecule has 3 heterocycles. The first-order valence-electron chi connectivity index (χ1n) is 11.8. The second kappa shape index (κ2) is 10.4. The van der Waals surface area contributed by atoms with E-state index in [4.69, 9.17) is 16.3 Å². The minimum absolute atomic E-state index is 0.313. The van der Waals surface area contributed by atoms with Crippen LogP contribution in [-0.4, -0.2) is 50.3 Å². The lowest BCUT2D eigenvalue weighted by Crippen LogP contribution is -2.35. The normalized spacial score (nSPS) is 16.0. The number of thioether (sulfide) groups is 1. The van der Waals surface area contributed by atoms with Crippen LogP contribution in [0, 0.1) is 6.92 Å². The highest BCUT2D eigenvalue weighted by Gasteiger charge is 2.30. The maximum absolute atomic E-state index is 13.4. The first-order valence-corrected chi connectivity index (χ1v) is 14.6. The molecular formula is C26H28ClN3O3S2. The van der Waals surface area contributed by atoms with Gasteiger partial charge in [-0.3, -0.25) is 9.21 Å². The standard InChI is InChI=1S/C26H28ClN3O3S2/c1-19-3-7-22(8-4-19)35(31,32)30-14-16-34-25-9-6-21(17-24(25)30)33-15-2-12-29-13-11-23-20(18-29)5-10-26(27)28-23/h3-10,17H,2,11-16,18H2,1H3. The Morgan fingerprint density at radius 1 is 1.09 bits per heavy atom. The van der Waals surface area contributed by atoms with Crippen LogP contribution >= 0.6 is 23.4 Å². The highest BCUT2D eigenvalue weighted by molar-refractivity contribution is 8.00. The third-order valence-electron chi connectivity index (χ3n) is 6.34. The van der Waals surface area contributed by atoms with E-state index in [-0.39, 0.29) is 0 Å². The summed E-state index contributed by atoms with van der Waals surface area (Å²) in [6.45, 7) is 5.72. The molecule has 184 valence electrons. The number of anilines is 1. The molecule has 5 rings (SSSR count). The molecule has 35 heavy (non-hydrogen) atoms. The van der Waals surface area contributed by atoms with Crippen molar-refractivity contribution in [3.63, 3.8) is 0 Å². The third-order valence-corrected chi connectivity index (χ3v) is 9.42. The molecule has 3 aromatic rings. The average Bonchev–Trinajstić information content (AvgIpc) is 2.86. The Bertz CT molecular complexity index is 1320. The van der Waals surface area contributed by atoms with E-state index in [9.17, 15) is 8.42 Å². The van der Waals surface area contributed by atoms with Gasteiger partial charge in [0.1, 0.15) is 10.9 Å². The predicted octanol–water partition coefficient (Wildman–Crippen LogP) is 5.17.